The monoisotopic (exact) mass is 492 g/mol. The fourth-order valence-electron chi connectivity index (χ4n) is 3.07. The predicted octanol–water partition coefficient (Wildman–Crippen LogP) is 2.34. The van der Waals surface area contributed by atoms with E-state index in [0.29, 0.717) is 17.7 Å². The molecule has 1 aromatic carbocycles. The lowest BCUT2D eigenvalue weighted by atomic mass is 10.2. The number of benzene rings is 1. The maximum atomic E-state index is 13.5. The Kier molecular flexibility index (Phi) is 8.94. The summed E-state index contributed by atoms with van der Waals surface area (Å²) in [6, 6.07) is 8.46. The molecule has 184 valence electrons. The van der Waals surface area contributed by atoms with Crippen LogP contribution in [0.3, 0.4) is 0 Å². The molecule has 0 saturated carbocycles. The maximum Gasteiger partial charge on any atom is 0.323 e. The van der Waals surface area contributed by atoms with Crippen LogP contribution in [0, 0.1) is 0 Å². The molecule has 2 heterocycles. The molecule has 0 aliphatic carbocycles. The van der Waals surface area contributed by atoms with Gasteiger partial charge in [0.25, 0.3) is 7.52 Å². The van der Waals surface area contributed by atoms with E-state index in [2.05, 4.69) is 20.0 Å². The van der Waals surface area contributed by atoms with Crippen molar-refractivity contribution in [2.75, 3.05) is 32.4 Å². The highest BCUT2D eigenvalue weighted by Gasteiger charge is 2.29. The lowest BCUT2D eigenvalue weighted by molar-refractivity contribution is -0.144. The van der Waals surface area contributed by atoms with Crippen molar-refractivity contribution in [1.82, 2.24) is 24.6 Å². The third-order valence-corrected chi connectivity index (χ3v) is 6.54. The first-order chi connectivity index (χ1) is 16.3. The molecule has 1 unspecified atom stereocenters. The maximum absolute atomic E-state index is 13.5. The largest absolute Gasteiger partial charge is 0.479 e. The van der Waals surface area contributed by atoms with Crippen LogP contribution in [-0.2, 0) is 36.5 Å². The van der Waals surface area contributed by atoms with Gasteiger partial charge in [0.1, 0.15) is 12.4 Å². The van der Waals surface area contributed by atoms with Gasteiger partial charge in [0.2, 0.25) is 11.8 Å². The molecule has 13 heteroatoms. The second kappa shape index (κ2) is 11.9. The number of nitrogen functional groups attached to an aromatic ring is 1. The van der Waals surface area contributed by atoms with Crippen LogP contribution in [0.2, 0.25) is 0 Å². The number of nitrogens with zero attached hydrogens (tertiary/aromatic N) is 4. The molecular weight excluding hydrogens is 463 g/mol. The Balaban J connectivity index is 1.64. The second-order valence-electron chi connectivity index (χ2n) is 7.27. The number of methoxy groups -OCH3 is 1. The van der Waals surface area contributed by atoms with Crippen molar-refractivity contribution in [2.24, 2.45) is 0 Å². The lowest BCUT2D eigenvalue weighted by Gasteiger charge is -2.23. The van der Waals surface area contributed by atoms with Gasteiger partial charge in [-0.25, -0.2) is 10.1 Å². The van der Waals surface area contributed by atoms with Crippen molar-refractivity contribution in [1.29, 1.82) is 0 Å². The highest BCUT2D eigenvalue weighted by Crippen LogP contribution is 2.44. The minimum atomic E-state index is -3.56. The van der Waals surface area contributed by atoms with Gasteiger partial charge in [0.15, 0.2) is 11.2 Å². The molecule has 12 nitrogen and oxygen atoms in total. The van der Waals surface area contributed by atoms with Crippen LogP contribution in [-0.4, -0.2) is 58.2 Å². The Morgan fingerprint density at radius 2 is 2.03 bits per heavy atom. The quantitative estimate of drug-likeness (QED) is 0.205. The number of hydrogen-bond donors (Lipinski definition) is 2. The summed E-state index contributed by atoms with van der Waals surface area (Å²) in [6.07, 6.45) is 1.31. The van der Waals surface area contributed by atoms with Crippen molar-refractivity contribution in [2.45, 2.75) is 33.0 Å². The molecule has 0 amide bonds. The van der Waals surface area contributed by atoms with E-state index in [1.807, 2.05) is 30.3 Å². The van der Waals surface area contributed by atoms with E-state index >= 15 is 0 Å². The molecule has 3 N–H and O–H groups in total. The third-order valence-electron chi connectivity index (χ3n) is 4.69. The van der Waals surface area contributed by atoms with Gasteiger partial charge < -0.3 is 29.0 Å². The van der Waals surface area contributed by atoms with E-state index in [0.717, 1.165) is 5.56 Å². The molecule has 3 rings (SSSR count). The number of rotatable bonds is 13. The summed E-state index contributed by atoms with van der Waals surface area (Å²) in [4.78, 5) is 24.5. The molecule has 0 radical (unpaired) electrons. The van der Waals surface area contributed by atoms with Crippen LogP contribution in [0.5, 0.6) is 5.88 Å². The van der Waals surface area contributed by atoms with Crippen LogP contribution in [0.15, 0.2) is 36.7 Å². The summed E-state index contributed by atoms with van der Waals surface area (Å²) in [5, 5.41) is 2.75. The van der Waals surface area contributed by atoms with Gasteiger partial charge in [-0.2, -0.15) is 9.97 Å². The van der Waals surface area contributed by atoms with Crippen molar-refractivity contribution >= 4 is 30.6 Å². The van der Waals surface area contributed by atoms with Gasteiger partial charge in [0.05, 0.1) is 33.3 Å². The molecule has 0 aliphatic heterocycles. The summed E-state index contributed by atoms with van der Waals surface area (Å²) in [6.45, 7) is 4.09. The van der Waals surface area contributed by atoms with E-state index in [1.165, 1.54) is 7.11 Å². The van der Waals surface area contributed by atoms with E-state index in [9.17, 15) is 9.36 Å². The predicted molar refractivity (Wildman–Crippen MR) is 125 cm³/mol. The average molecular weight is 492 g/mol. The van der Waals surface area contributed by atoms with Crippen LogP contribution >= 0.6 is 7.52 Å². The number of anilines is 1. The highest BCUT2D eigenvalue weighted by atomic mass is 31.2. The minimum Gasteiger partial charge on any atom is -0.479 e. The second-order valence-corrected chi connectivity index (χ2v) is 9.40. The smallest absolute Gasteiger partial charge is 0.323 e. The van der Waals surface area contributed by atoms with Crippen molar-refractivity contribution < 1.29 is 28.1 Å². The number of carbonyl (C=O) groups is 1. The van der Waals surface area contributed by atoms with Crippen molar-refractivity contribution in [3.05, 3.63) is 42.2 Å². The molecule has 34 heavy (non-hydrogen) atoms. The zero-order valence-corrected chi connectivity index (χ0v) is 20.2. The molecule has 3 aromatic rings. The van der Waals surface area contributed by atoms with Gasteiger partial charge in [-0.3, -0.25) is 9.36 Å². The molecule has 2 atom stereocenters. The number of imidazole rings is 1. The molecular formula is C21H29N6O6P. The topological polar surface area (TPSA) is 153 Å². The van der Waals surface area contributed by atoms with Crippen LogP contribution in [0.4, 0.5) is 5.95 Å². The standard InChI is InChI=1S/C21H29N6O6P/c1-4-32-20(28)15(2)26-34(29,33-12-16-8-6-5-7-9-16)14-31-11-10-27-13-23-17-18(27)24-21(22)25-19(17)30-3/h5-9,13,15H,4,10-12,14H2,1-3H3,(H,26,29)(H2,22,24,25)/t15-,34?/m0/s1. The van der Waals surface area contributed by atoms with E-state index in [1.54, 1.807) is 24.7 Å². The number of esters is 1. The van der Waals surface area contributed by atoms with E-state index in [-0.39, 0.29) is 38.0 Å². The van der Waals surface area contributed by atoms with E-state index in [4.69, 9.17) is 24.5 Å². The van der Waals surface area contributed by atoms with Gasteiger partial charge >= 0.3 is 5.97 Å². The van der Waals surface area contributed by atoms with Crippen LogP contribution in [0.1, 0.15) is 19.4 Å². The number of nitrogens with one attached hydrogen (secondary N) is 1. The van der Waals surface area contributed by atoms with Crippen LogP contribution < -0.4 is 15.6 Å². The molecule has 2 aromatic heterocycles. The first kappa shape index (κ1) is 25.6. The highest BCUT2D eigenvalue weighted by molar-refractivity contribution is 7.56. The van der Waals surface area contributed by atoms with Crippen molar-refractivity contribution in [3.63, 3.8) is 0 Å². The minimum absolute atomic E-state index is 0.0583. The number of ether oxygens (including phenoxy) is 3. The van der Waals surface area contributed by atoms with Gasteiger partial charge in [0, 0.05) is 6.54 Å². The molecule has 0 bridgehead atoms. The van der Waals surface area contributed by atoms with Crippen LogP contribution in [0.25, 0.3) is 11.2 Å². The molecule has 0 spiro atoms. The van der Waals surface area contributed by atoms with Gasteiger partial charge in [-0.1, -0.05) is 30.3 Å². The van der Waals surface area contributed by atoms with Crippen molar-refractivity contribution in [3.8, 4) is 5.88 Å². The summed E-state index contributed by atoms with van der Waals surface area (Å²) in [5.74, 6) is -0.191. The summed E-state index contributed by atoms with van der Waals surface area (Å²) < 4.78 is 36.8. The van der Waals surface area contributed by atoms with Gasteiger partial charge in [-0.05, 0) is 19.4 Å². The number of carbonyl (C=O) groups excluding carboxylic acids is 1. The van der Waals surface area contributed by atoms with Gasteiger partial charge in [-0.15, -0.1) is 0 Å². The summed E-state index contributed by atoms with van der Waals surface area (Å²) in [5.41, 5.74) is 7.54. The number of fused-ring (bicyclic) bond motifs is 1. The van der Waals surface area contributed by atoms with E-state index < -0.39 is 19.5 Å². The molecule has 0 saturated heterocycles. The normalized spacial score (nSPS) is 14.0. The Labute approximate surface area is 197 Å². The molecule has 0 fully saturated rings. The number of hydrogen-bond acceptors (Lipinski definition) is 10. The average Bonchev–Trinajstić information content (AvgIpc) is 3.23. The first-order valence-electron chi connectivity index (χ1n) is 10.7. The number of aromatic nitrogens is 4. The zero-order valence-electron chi connectivity index (χ0n) is 19.3. The summed E-state index contributed by atoms with van der Waals surface area (Å²) >= 11 is 0. The summed E-state index contributed by atoms with van der Waals surface area (Å²) in [7, 11) is -2.08. The number of nitrogens with two attached hydrogens (primary N) is 1. The Morgan fingerprint density at radius 3 is 2.74 bits per heavy atom. The Morgan fingerprint density at radius 1 is 1.26 bits per heavy atom. The fourth-order valence-corrected chi connectivity index (χ4v) is 4.71. The fraction of sp³-hybridized carbons (Fsp3) is 0.429. The lowest BCUT2D eigenvalue weighted by Crippen LogP contribution is -2.34. The first-order valence-corrected chi connectivity index (χ1v) is 12.5. The third kappa shape index (κ3) is 6.73. The SMILES string of the molecule is CCOC(=O)[C@H](C)NP(=O)(COCCn1cnc2c(OC)nc(N)nc21)OCc1ccccc1. The Bertz CT molecular complexity index is 1140. The molecule has 0 aliphatic rings. The Hall–Kier alpha value is -3.05. The zero-order chi connectivity index (χ0) is 24.6.